The Labute approximate surface area is 176 Å². The van der Waals surface area contributed by atoms with Gasteiger partial charge in [-0.2, -0.15) is 0 Å². The van der Waals surface area contributed by atoms with Crippen molar-refractivity contribution >= 4 is 21.8 Å². The van der Waals surface area contributed by atoms with E-state index in [1.54, 1.807) is 0 Å². The third-order valence-corrected chi connectivity index (χ3v) is 5.57. The fraction of sp³-hybridized carbons (Fsp3) is 0.435. The van der Waals surface area contributed by atoms with Crippen LogP contribution in [-0.4, -0.2) is 48.5 Å². The maximum absolute atomic E-state index is 12.6. The topological polar surface area (TPSA) is 32.8 Å². The number of halogens is 1. The lowest BCUT2D eigenvalue weighted by atomic mass is 9.86. The van der Waals surface area contributed by atoms with Gasteiger partial charge in [0.1, 0.15) is 5.75 Å². The van der Waals surface area contributed by atoms with E-state index in [0.29, 0.717) is 0 Å². The number of amides is 1. The number of piperazine rings is 1. The summed E-state index contributed by atoms with van der Waals surface area (Å²) in [5.74, 6) is 0.842. The Morgan fingerprint density at radius 1 is 1.04 bits per heavy atom. The van der Waals surface area contributed by atoms with Crippen LogP contribution in [-0.2, 0) is 16.8 Å². The Bertz CT molecular complexity index is 794. The third kappa shape index (κ3) is 5.58. The molecule has 0 atom stereocenters. The van der Waals surface area contributed by atoms with Crippen LogP contribution in [0.5, 0.6) is 5.75 Å². The molecule has 1 saturated heterocycles. The molecule has 0 spiro atoms. The average Bonchev–Trinajstić information content (AvgIpc) is 2.67. The maximum Gasteiger partial charge on any atom is 0.260 e. The SMILES string of the molecule is CC(C)(C)c1cc(Br)ccc1OCC(=O)N1CCN(Cc2ccccc2)CC1. The summed E-state index contributed by atoms with van der Waals surface area (Å²) in [6.07, 6.45) is 0. The Morgan fingerprint density at radius 3 is 2.36 bits per heavy atom. The molecule has 2 aromatic carbocycles. The van der Waals surface area contributed by atoms with Crippen LogP contribution in [0, 0.1) is 0 Å². The highest BCUT2D eigenvalue weighted by Crippen LogP contribution is 2.33. The summed E-state index contributed by atoms with van der Waals surface area (Å²) in [5.41, 5.74) is 2.36. The van der Waals surface area contributed by atoms with Crippen LogP contribution in [0.2, 0.25) is 0 Å². The first-order valence-corrected chi connectivity index (χ1v) is 10.6. The van der Waals surface area contributed by atoms with Gasteiger partial charge in [0.2, 0.25) is 0 Å². The Balaban J connectivity index is 1.52. The summed E-state index contributed by atoms with van der Waals surface area (Å²) >= 11 is 3.53. The molecule has 0 saturated carbocycles. The number of benzene rings is 2. The lowest BCUT2D eigenvalue weighted by Crippen LogP contribution is -2.49. The summed E-state index contributed by atoms with van der Waals surface area (Å²) in [4.78, 5) is 16.9. The zero-order valence-corrected chi connectivity index (χ0v) is 18.5. The normalized spacial score (nSPS) is 15.5. The minimum Gasteiger partial charge on any atom is -0.483 e. The van der Waals surface area contributed by atoms with Crippen molar-refractivity contribution in [2.45, 2.75) is 32.7 Å². The van der Waals surface area contributed by atoms with Crippen LogP contribution in [0.25, 0.3) is 0 Å². The van der Waals surface area contributed by atoms with Crippen LogP contribution in [0.4, 0.5) is 0 Å². The van der Waals surface area contributed by atoms with Crippen molar-refractivity contribution in [3.05, 3.63) is 64.1 Å². The Morgan fingerprint density at radius 2 is 1.71 bits per heavy atom. The highest BCUT2D eigenvalue weighted by Gasteiger charge is 2.23. The zero-order valence-electron chi connectivity index (χ0n) is 17.0. The number of nitrogens with zero attached hydrogens (tertiary/aromatic N) is 2. The van der Waals surface area contributed by atoms with Crippen molar-refractivity contribution < 1.29 is 9.53 Å². The first-order valence-electron chi connectivity index (χ1n) is 9.80. The van der Waals surface area contributed by atoms with E-state index >= 15 is 0 Å². The molecule has 0 radical (unpaired) electrons. The predicted octanol–water partition coefficient (Wildman–Crippen LogP) is 4.47. The number of rotatable bonds is 5. The molecule has 3 rings (SSSR count). The number of hydrogen-bond donors (Lipinski definition) is 0. The number of carbonyl (C=O) groups excluding carboxylic acids is 1. The fourth-order valence-electron chi connectivity index (χ4n) is 3.44. The van der Waals surface area contributed by atoms with Gasteiger partial charge in [-0.1, -0.05) is 67.0 Å². The zero-order chi connectivity index (χ0) is 20.1. The molecule has 0 bridgehead atoms. The van der Waals surface area contributed by atoms with Crippen LogP contribution in [0.1, 0.15) is 31.9 Å². The van der Waals surface area contributed by atoms with Crippen LogP contribution < -0.4 is 4.74 Å². The molecule has 1 fully saturated rings. The van der Waals surface area contributed by atoms with Gasteiger partial charge in [-0.3, -0.25) is 9.69 Å². The second-order valence-corrected chi connectivity index (χ2v) is 9.24. The molecule has 0 aromatic heterocycles. The molecule has 1 aliphatic heterocycles. The van der Waals surface area contributed by atoms with E-state index < -0.39 is 0 Å². The standard InChI is InChI=1S/C23H29BrN2O2/c1-23(2,3)20-15-19(24)9-10-21(20)28-17-22(27)26-13-11-25(12-14-26)16-18-7-5-4-6-8-18/h4-10,15H,11-14,16-17H2,1-3H3. The van der Waals surface area contributed by atoms with E-state index in [1.807, 2.05) is 23.1 Å². The van der Waals surface area contributed by atoms with Gasteiger partial charge in [0.25, 0.3) is 5.91 Å². The smallest absolute Gasteiger partial charge is 0.260 e. The minimum absolute atomic E-state index is 0.0504. The van der Waals surface area contributed by atoms with Crippen molar-refractivity contribution in [1.82, 2.24) is 9.80 Å². The summed E-state index contributed by atoms with van der Waals surface area (Å²) in [6.45, 7) is 10.8. The molecule has 0 aliphatic carbocycles. The summed E-state index contributed by atoms with van der Waals surface area (Å²) in [7, 11) is 0. The van der Waals surface area contributed by atoms with E-state index in [4.69, 9.17) is 4.74 Å². The molecular weight excluding hydrogens is 416 g/mol. The van der Waals surface area contributed by atoms with Gasteiger partial charge in [-0.15, -0.1) is 0 Å². The van der Waals surface area contributed by atoms with Crippen molar-refractivity contribution in [2.75, 3.05) is 32.8 Å². The van der Waals surface area contributed by atoms with Gasteiger partial charge >= 0.3 is 0 Å². The van der Waals surface area contributed by atoms with E-state index in [9.17, 15) is 4.79 Å². The molecule has 1 heterocycles. The quantitative estimate of drug-likeness (QED) is 0.681. The first-order chi connectivity index (χ1) is 13.3. The third-order valence-electron chi connectivity index (χ3n) is 5.07. The highest BCUT2D eigenvalue weighted by molar-refractivity contribution is 9.10. The molecule has 0 unspecified atom stereocenters. The van der Waals surface area contributed by atoms with Gasteiger partial charge in [0, 0.05) is 42.8 Å². The van der Waals surface area contributed by atoms with Gasteiger partial charge in [-0.25, -0.2) is 0 Å². The molecule has 2 aromatic rings. The van der Waals surface area contributed by atoms with Gasteiger partial charge in [0.15, 0.2) is 6.61 Å². The van der Waals surface area contributed by atoms with E-state index in [-0.39, 0.29) is 17.9 Å². The fourth-order valence-corrected chi connectivity index (χ4v) is 3.80. The highest BCUT2D eigenvalue weighted by atomic mass is 79.9. The van der Waals surface area contributed by atoms with Crippen molar-refractivity contribution in [3.8, 4) is 5.75 Å². The van der Waals surface area contributed by atoms with Crippen LogP contribution in [0.3, 0.4) is 0 Å². The Kier molecular flexibility index (Phi) is 6.78. The second kappa shape index (κ2) is 9.10. The molecule has 5 heteroatoms. The van der Waals surface area contributed by atoms with Gasteiger partial charge in [0.05, 0.1) is 0 Å². The monoisotopic (exact) mass is 444 g/mol. The van der Waals surface area contributed by atoms with Crippen LogP contribution in [0.15, 0.2) is 53.0 Å². The number of ether oxygens (including phenoxy) is 1. The number of hydrogen-bond acceptors (Lipinski definition) is 3. The molecule has 150 valence electrons. The van der Waals surface area contributed by atoms with Crippen molar-refractivity contribution in [1.29, 1.82) is 0 Å². The van der Waals surface area contributed by atoms with Crippen molar-refractivity contribution in [2.24, 2.45) is 0 Å². The van der Waals surface area contributed by atoms with E-state index in [2.05, 4.69) is 71.9 Å². The molecule has 0 N–H and O–H groups in total. The number of carbonyl (C=O) groups is 1. The van der Waals surface area contributed by atoms with Gasteiger partial charge in [-0.05, 0) is 29.2 Å². The summed E-state index contributed by atoms with van der Waals surface area (Å²) in [5, 5.41) is 0. The van der Waals surface area contributed by atoms with E-state index in [0.717, 1.165) is 48.5 Å². The molecular formula is C23H29BrN2O2. The minimum atomic E-state index is -0.0504. The van der Waals surface area contributed by atoms with Crippen molar-refractivity contribution in [3.63, 3.8) is 0 Å². The predicted molar refractivity (Wildman–Crippen MR) is 117 cm³/mol. The lowest BCUT2D eigenvalue weighted by molar-refractivity contribution is -0.135. The summed E-state index contributed by atoms with van der Waals surface area (Å²) in [6, 6.07) is 16.4. The summed E-state index contributed by atoms with van der Waals surface area (Å²) < 4.78 is 6.95. The molecule has 28 heavy (non-hydrogen) atoms. The molecule has 4 nitrogen and oxygen atoms in total. The lowest BCUT2D eigenvalue weighted by Gasteiger charge is -2.34. The van der Waals surface area contributed by atoms with E-state index in [1.165, 1.54) is 5.56 Å². The molecule has 1 aliphatic rings. The maximum atomic E-state index is 12.6. The molecule has 1 amide bonds. The van der Waals surface area contributed by atoms with Gasteiger partial charge < -0.3 is 9.64 Å². The Hall–Kier alpha value is -1.85. The van der Waals surface area contributed by atoms with Crippen LogP contribution >= 0.6 is 15.9 Å². The first kappa shape index (κ1) is 20.9. The largest absolute Gasteiger partial charge is 0.483 e. The average molecular weight is 445 g/mol. The second-order valence-electron chi connectivity index (χ2n) is 8.32.